The highest BCUT2D eigenvalue weighted by molar-refractivity contribution is 5.37. The number of rotatable bonds is 4. The van der Waals surface area contributed by atoms with Crippen molar-refractivity contribution in [3.8, 4) is 5.69 Å². The second-order valence-corrected chi connectivity index (χ2v) is 4.56. The summed E-state index contributed by atoms with van der Waals surface area (Å²) >= 11 is 0. The summed E-state index contributed by atoms with van der Waals surface area (Å²) in [6, 6.07) is 4.82. The van der Waals surface area contributed by atoms with E-state index in [-0.39, 0.29) is 11.9 Å². The summed E-state index contributed by atoms with van der Waals surface area (Å²) in [6.45, 7) is 5.79. The number of nitrogens with zero attached hydrogens (tertiary/aromatic N) is 3. The van der Waals surface area contributed by atoms with Gasteiger partial charge in [0.05, 0.1) is 0 Å². The maximum absolute atomic E-state index is 14.2. The Morgan fingerprint density at radius 3 is 2.58 bits per heavy atom. The molecule has 0 aliphatic heterocycles. The zero-order valence-electron chi connectivity index (χ0n) is 11.5. The van der Waals surface area contributed by atoms with Gasteiger partial charge in [-0.1, -0.05) is 19.9 Å². The van der Waals surface area contributed by atoms with Gasteiger partial charge in [-0.2, -0.15) is 5.10 Å². The average Bonchev–Trinajstić information content (AvgIpc) is 2.81. The predicted molar refractivity (Wildman–Crippen MR) is 72.7 cm³/mol. The zero-order chi connectivity index (χ0) is 14.0. The van der Waals surface area contributed by atoms with Crippen LogP contribution in [0.4, 0.5) is 4.39 Å². The molecule has 2 aromatic rings. The van der Waals surface area contributed by atoms with Crippen LogP contribution in [0, 0.1) is 5.82 Å². The lowest BCUT2D eigenvalue weighted by atomic mass is 10.1. The minimum atomic E-state index is -0.322. The highest BCUT2D eigenvalue weighted by Gasteiger charge is 2.14. The molecule has 1 unspecified atom stereocenters. The lowest BCUT2D eigenvalue weighted by Crippen LogP contribution is -2.08. The van der Waals surface area contributed by atoms with Crippen molar-refractivity contribution >= 4 is 0 Å². The Hall–Kier alpha value is -1.75. The van der Waals surface area contributed by atoms with E-state index < -0.39 is 0 Å². The highest BCUT2D eigenvalue weighted by Crippen LogP contribution is 2.19. The van der Waals surface area contributed by atoms with Crippen LogP contribution in [-0.4, -0.2) is 14.8 Å². The van der Waals surface area contributed by atoms with E-state index in [0.717, 1.165) is 23.6 Å². The second kappa shape index (κ2) is 5.48. The quantitative estimate of drug-likeness (QED) is 0.921. The Morgan fingerprint density at radius 1 is 1.32 bits per heavy atom. The molecule has 1 aromatic carbocycles. The number of halogens is 1. The van der Waals surface area contributed by atoms with E-state index in [2.05, 4.69) is 10.1 Å². The van der Waals surface area contributed by atoms with E-state index >= 15 is 0 Å². The van der Waals surface area contributed by atoms with Crippen molar-refractivity contribution in [1.29, 1.82) is 0 Å². The third-order valence-electron chi connectivity index (χ3n) is 3.08. The molecule has 0 aliphatic rings. The van der Waals surface area contributed by atoms with Gasteiger partial charge in [0.2, 0.25) is 0 Å². The van der Waals surface area contributed by atoms with Gasteiger partial charge in [0, 0.05) is 18.9 Å². The van der Waals surface area contributed by atoms with Gasteiger partial charge >= 0.3 is 0 Å². The summed E-state index contributed by atoms with van der Waals surface area (Å²) in [5.41, 5.74) is 6.95. The van der Waals surface area contributed by atoms with Crippen LogP contribution in [-0.2, 0) is 12.8 Å². The van der Waals surface area contributed by atoms with Gasteiger partial charge in [0.25, 0.3) is 0 Å². The van der Waals surface area contributed by atoms with Crippen LogP contribution in [0.5, 0.6) is 0 Å². The molecule has 0 fully saturated rings. The first kappa shape index (κ1) is 13.7. The van der Waals surface area contributed by atoms with Crippen molar-refractivity contribution in [2.24, 2.45) is 5.73 Å². The molecule has 5 heteroatoms. The summed E-state index contributed by atoms with van der Waals surface area (Å²) in [5, 5.41) is 4.34. The maximum atomic E-state index is 14.2. The van der Waals surface area contributed by atoms with E-state index in [1.165, 1.54) is 6.07 Å². The standard InChI is InChI=1S/C14H19FN4/c1-4-13-17-14(5-2)19(18-13)12-7-6-10(9(3)16)8-11(12)15/h6-9H,4-5,16H2,1-3H3. The molecule has 19 heavy (non-hydrogen) atoms. The van der Waals surface area contributed by atoms with Crippen LogP contribution < -0.4 is 5.73 Å². The third-order valence-corrected chi connectivity index (χ3v) is 3.08. The SMILES string of the molecule is CCc1nc(CC)n(-c2ccc(C(C)N)cc2F)n1. The van der Waals surface area contributed by atoms with Gasteiger partial charge in [-0.3, -0.25) is 0 Å². The molecular formula is C14H19FN4. The first-order valence-electron chi connectivity index (χ1n) is 6.57. The predicted octanol–water partition coefficient (Wildman–Crippen LogP) is 2.55. The largest absolute Gasteiger partial charge is 0.324 e. The fourth-order valence-corrected chi connectivity index (χ4v) is 1.94. The Bertz CT molecular complexity index is 575. The molecule has 0 bridgehead atoms. The molecule has 0 saturated carbocycles. The number of aryl methyl sites for hydroxylation is 2. The van der Waals surface area contributed by atoms with E-state index in [1.54, 1.807) is 10.7 Å². The lowest BCUT2D eigenvalue weighted by molar-refractivity contribution is 0.600. The monoisotopic (exact) mass is 262 g/mol. The molecule has 0 spiro atoms. The summed E-state index contributed by atoms with van der Waals surface area (Å²) in [7, 11) is 0. The molecule has 0 aliphatic carbocycles. The molecular weight excluding hydrogens is 243 g/mol. The van der Waals surface area contributed by atoms with Gasteiger partial charge in [-0.15, -0.1) is 0 Å². The summed E-state index contributed by atoms with van der Waals surface area (Å²) in [6.07, 6.45) is 1.45. The Balaban J connectivity index is 2.49. The number of benzene rings is 1. The molecule has 1 aromatic heterocycles. The molecule has 102 valence electrons. The molecule has 2 rings (SSSR count). The van der Waals surface area contributed by atoms with Crippen LogP contribution in [0.1, 0.15) is 44.0 Å². The third kappa shape index (κ3) is 2.66. The normalized spacial score (nSPS) is 12.7. The first-order chi connectivity index (χ1) is 9.06. The average molecular weight is 262 g/mol. The Labute approximate surface area is 112 Å². The van der Waals surface area contributed by atoms with Crippen LogP contribution in [0.15, 0.2) is 18.2 Å². The van der Waals surface area contributed by atoms with Crippen LogP contribution in [0.2, 0.25) is 0 Å². The van der Waals surface area contributed by atoms with Gasteiger partial charge in [-0.25, -0.2) is 14.1 Å². The molecule has 1 atom stereocenters. The van der Waals surface area contributed by atoms with Crippen molar-refractivity contribution in [2.75, 3.05) is 0 Å². The molecule has 0 radical (unpaired) electrons. The fraction of sp³-hybridized carbons (Fsp3) is 0.429. The minimum Gasteiger partial charge on any atom is -0.324 e. The number of nitrogens with two attached hydrogens (primary N) is 1. The van der Waals surface area contributed by atoms with Gasteiger partial charge < -0.3 is 5.73 Å². The van der Waals surface area contributed by atoms with Crippen LogP contribution in [0.3, 0.4) is 0 Å². The molecule has 1 heterocycles. The summed E-state index contributed by atoms with van der Waals surface area (Å²) in [4.78, 5) is 4.38. The van der Waals surface area contributed by atoms with Gasteiger partial charge in [-0.05, 0) is 24.6 Å². The van der Waals surface area contributed by atoms with Gasteiger partial charge in [0.15, 0.2) is 5.82 Å². The van der Waals surface area contributed by atoms with E-state index in [9.17, 15) is 4.39 Å². The summed E-state index contributed by atoms with van der Waals surface area (Å²) in [5.74, 6) is 1.17. The molecule has 2 N–H and O–H groups in total. The first-order valence-corrected chi connectivity index (χ1v) is 6.57. The van der Waals surface area contributed by atoms with Gasteiger partial charge in [0.1, 0.15) is 17.3 Å². The van der Waals surface area contributed by atoms with E-state index in [1.807, 2.05) is 26.8 Å². The smallest absolute Gasteiger partial charge is 0.151 e. The molecule has 4 nitrogen and oxygen atoms in total. The maximum Gasteiger partial charge on any atom is 0.151 e. The Morgan fingerprint density at radius 2 is 2.05 bits per heavy atom. The molecule has 0 amide bonds. The van der Waals surface area contributed by atoms with Crippen LogP contribution in [0.25, 0.3) is 5.69 Å². The second-order valence-electron chi connectivity index (χ2n) is 4.56. The number of hydrogen-bond acceptors (Lipinski definition) is 3. The Kier molecular flexibility index (Phi) is 3.95. The highest BCUT2D eigenvalue weighted by atomic mass is 19.1. The van der Waals surface area contributed by atoms with Crippen molar-refractivity contribution in [2.45, 2.75) is 39.7 Å². The van der Waals surface area contributed by atoms with Crippen molar-refractivity contribution < 1.29 is 4.39 Å². The van der Waals surface area contributed by atoms with Crippen molar-refractivity contribution in [3.05, 3.63) is 41.2 Å². The number of aromatic nitrogens is 3. The van der Waals surface area contributed by atoms with Crippen molar-refractivity contribution in [1.82, 2.24) is 14.8 Å². The topological polar surface area (TPSA) is 56.7 Å². The lowest BCUT2D eigenvalue weighted by Gasteiger charge is -2.10. The van der Waals surface area contributed by atoms with E-state index in [0.29, 0.717) is 12.1 Å². The van der Waals surface area contributed by atoms with E-state index in [4.69, 9.17) is 5.73 Å². The zero-order valence-corrected chi connectivity index (χ0v) is 11.5. The minimum absolute atomic E-state index is 0.184. The fourth-order valence-electron chi connectivity index (χ4n) is 1.94. The summed E-state index contributed by atoms with van der Waals surface area (Å²) < 4.78 is 15.8. The molecule has 0 saturated heterocycles. The van der Waals surface area contributed by atoms with Crippen LogP contribution >= 0.6 is 0 Å². The number of hydrogen-bond donors (Lipinski definition) is 1. The van der Waals surface area contributed by atoms with Crippen molar-refractivity contribution in [3.63, 3.8) is 0 Å².